The number of nitrogens with one attached hydrogen (secondary N) is 1. The third-order valence-electron chi connectivity index (χ3n) is 3.28. The van der Waals surface area contributed by atoms with Gasteiger partial charge in [0.2, 0.25) is 6.04 Å². The maximum atomic E-state index is 12.0. The third-order valence-corrected chi connectivity index (χ3v) is 3.52. The number of carbonyl (C=O) groups is 2. The molecule has 1 unspecified atom stereocenters. The van der Waals surface area contributed by atoms with Crippen molar-refractivity contribution in [2.45, 2.75) is 6.04 Å². The van der Waals surface area contributed by atoms with Crippen LogP contribution in [0, 0.1) is 0 Å². The predicted octanol–water partition coefficient (Wildman–Crippen LogP) is -1.24. The zero-order valence-corrected chi connectivity index (χ0v) is 19.1. The molecule has 3 N–H and O–H groups in total. The number of aliphatic carboxylic acids is 1. The molecule has 1 atom stereocenters. The monoisotopic (exact) mass is 607 g/mol. The minimum absolute atomic E-state index is 0. The van der Waals surface area contributed by atoms with Gasteiger partial charge in [0.1, 0.15) is 0 Å². The maximum Gasteiger partial charge on any atom is -0.870 e. The summed E-state index contributed by atoms with van der Waals surface area (Å²) in [5.41, 5.74) is 2.22. The van der Waals surface area contributed by atoms with Crippen LogP contribution in [0.25, 0.3) is 0 Å². The standard InChI is InChI=1S/C16H11ClN2O3.Au.2K.H2O.H/c17-10-6-7-12-11(8-10)13(9-4-2-1-3-5-9)19-14(16(21)22)15(20)18-12;;;;;/h1-8,14H,(H,18,20)(H,21,22);;;;1H2;/q;;;+1;;/p-1. The van der Waals surface area contributed by atoms with Crippen molar-refractivity contribution in [1.82, 2.24) is 0 Å². The number of aliphatic imine (C=N–C) groups is 1. The Morgan fingerprint density at radius 3 is 2.35 bits per heavy atom. The van der Waals surface area contributed by atoms with Crippen LogP contribution >= 0.6 is 11.6 Å². The average Bonchev–Trinajstić information content (AvgIpc) is 2.64. The van der Waals surface area contributed by atoms with Crippen molar-refractivity contribution >= 4 is 86.3 Å². The Hall–Kier alpha value is 1.31. The first-order chi connectivity index (χ1) is 10.6. The molecule has 0 spiro atoms. The van der Waals surface area contributed by atoms with E-state index in [-0.39, 0.29) is 131 Å². The molecule has 0 saturated carbocycles. The first-order valence-electron chi connectivity index (χ1n) is 6.53. The number of fused-ring (bicyclic) bond motifs is 1. The first-order valence-corrected chi connectivity index (χ1v) is 6.91. The number of carbonyl (C=O) groups excluding carboxylic acids is 1. The Bertz CT molecular complexity index is 806. The number of nitrogens with zero attached hydrogens (tertiary/aromatic N) is 1. The summed E-state index contributed by atoms with van der Waals surface area (Å²) in [5, 5.41) is 12.3. The summed E-state index contributed by atoms with van der Waals surface area (Å²) in [4.78, 5) is 27.5. The molecular formula is C16H13AuClK2N2O4. The van der Waals surface area contributed by atoms with Gasteiger partial charge in [-0.2, -0.15) is 0 Å². The Labute approximate surface area is 256 Å². The molecule has 0 aliphatic carbocycles. The average molecular weight is 608 g/mol. The molecular weight excluding hydrogens is 595 g/mol. The van der Waals surface area contributed by atoms with Gasteiger partial charge in [-0.15, -0.1) is 0 Å². The second-order valence-electron chi connectivity index (χ2n) is 4.76. The third kappa shape index (κ3) is 6.98. The van der Waals surface area contributed by atoms with Crippen molar-refractivity contribution in [3.63, 3.8) is 0 Å². The minimum Gasteiger partial charge on any atom is -0.870 e. The first kappa shape index (κ1) is 29.5. The van der Waals surface area contributed by atoms with E-state index < -0.39 is 17.9 Å². The fourth-order valence-corrected chi connectivity index (χ4v) is 2.45. The number of hydrogen-bond acceptors (Lipinski definition) is 4. The van der Waals surface area contributed by atoms with Crippen molar-refractivity contribution in [1.29, 1.82) is 0 Å². The molecule has 10 heteroatoms. The Morgan fingerprint density at radius 1 is 1.15 bits per heavy atom. The van der Waals surface area contributed by atoms with E-state index in [1.165, 1.54) is 0 Å². The number of hydrogen-bond donors (Lipinski definition) is 2. The van der Waals surface area contributed by atoms with Gasteiger partial charge in [0.15, 0.2) is 0 Å². The number of carboxylic acid groups (broad SMARTS) is 1. The van der Waals surface area contributed by atoms with Crippen molar-refractivity contribution in [2.24, 2.45) is 4.99 Å². The SMILES string of the molecule is O=C(O)C1N=C(c2ccccc2)c2cc(Cl)ccc2NC1=O.[Au].[K+].[KH].[OH-]. The second-order valence-corrected chi connectivity index (χ2v) is 5.20. The normalized spacial score (nSPS) is 14.4. The Balaban J connectivity index is 0. The number of benzodiazepines with no additional fused rings is 1. The molecule has 0 aromatic heterocycles. The predicted molar refractivity (Wildman–Crippen MR) is 92.7 cm³/mol. The van der Waals surface area contributed by atoms with Gasteiger partial charge < -0.3 is 15.9 Å². The number of halogens is 1. The molecule has 0 fully saturated rings. The minimum atomic E-state index is -1.50. The molecule has 0 saturated heterocycles. The molecule has 2 aromatic carbocycles. The van der Waals surface area contributed by atoms with Gasteiger partial charge in [0.25, 0.3) is 5.91 Å². The van der Waals surface area contributed by atoms with Crippen LogP contribution in [0.5, 0.6) is 0 Å². The Kier molecular flexibility index (Phi) is 15.3. The van der Waals surface area contributed by atoms with Crippen LogP contribution in [-0.4, -0.2) is 85.6 Å². The van der Waals surface area contributed by atoms with Crippen molar-refractivity contribution in [2.75, 3.05) is 5.32 Å². The van der Waals surface area contributed by atoms with Gasteiger partial charge in [-0.3, -0.25) is 9.79 Å². The van der Waals surface area contributed by atoms with E-state index in [9.17, 15) is 14.7 Å². The van der Waals surface area contributed by atoms with Crippen LogP contribution in [0.15, 0.2) is 53.5 Å². The Morgan fingerprint density at radius 2 is 1.77 bits per heavy atom. The molecule has 0 bridgehead atoms. The van der Waals surface area contributed by atoms with E-state index in [4.69, 9.17) is 11.6 Å². The molecule has 3 rings (SSSR count). The van der Waals surface area contributed by atoms with E-state index in [1.54, 1.807) is 30.3 Å². The van der Waals surface area contributed by atoms with E-state index in [0.29, 0.717) is 27.5 Å². The molecule has 1 radical (unpaired) electrons. The molecule has 1 amide bonds. The molecule has 1 aliphatic rings. The van der Waals surface area contributed by atoms with Crippen LogP contribution in [0.3, 0.4) is 0 Å². The van der Waals surface area contributed by atoms with Crippen LogP contribution < -0.4 is 56.7 Å². The summed E-state index contributed by atoms with van der Waals surface area (Å²) >= 11 is 6.03. The quantitative estimate of drug-likeness (QED) is 0.329. The molecule has 6 nitrogen and oxygen atoms in total. The second kappa shape index (κ2) is 13.5. The van der Waals surface area contributed by atoms with Gasteiger partial charge in [-0.25, -0.2) is 4.79 Å². The number of amides is 1. The fourth-order valence-electron chi connectivity index (χ4n) is 2.27. The van der Waals surface area contributed by atoms with E-state index in [2.05, 4.69) is 10.3 Å². The molecule has 26 heavy (non-hydrogen) atoms. The van der Waals surface area contributed by atoms with Gasteiger partial charge in [-0.1, -0.05) is 41.9 Å². The molecule has 131 valence electrons. The van der Waals surface area contributed by atoms with Crippen LogP contribution in [-0.2, 0) is 32.0 Å². The molecule has 1 aliphatic heterocycles. The topological polar surface area (TPSA) is 109 Å². The van der Waals surface area contributed by atoms with Gasteiger partial charge in [-0.05, 0) is 18.2 Å². The summed E-state index contributed by atoms with van der Waals surface area (Å²) in [6.07, 6.45) is 0. The van der Waals surface area contributed by atoms with Crippen LogP contribution in [0.4, 0.5) is 5.69 Å². The summed E-state index contributed by atoms with van der Waals surface area (Å²) < 4.78 is 0. The van der Waals surface area contributed by atoms with Crippen LogP contribution in [0.1, 0.15) is 11.1 Å². The van der Waals surface area contributed by atoms with Crippen LogP contribution in [0.2, 0.25) is 5.02 Å². The van der Waals surface area contributed by atoms with Crippen molar-refractivity contribution < 1.29 is 93.9 Å². The van der Waals surface area contributed by atoms with Gasteiger partial charge >= 0.3 is 109 Å². The summed E-state index contributed by atoms with van der Waals surface area (Å²) in [6.45, 7) is 0. The van der Waals surface area contributed by atoms with E-state index in [1.807, 2.05) is 18.2 Å². The smallest absolute Gasteiger partial charge is 0.870 e. The largest absolute Gasteiger partial charge is 0.870 e. The summed E-state index contributed by atoms with van der Waals surface area (Å²) in [7, 11) is 0. The summed E-state index contributed by atoms with van der Waals surface area (Å²) in [6, 6.07) is 12.5. The number of benzene rings is 2. The van der Waals surface area contributed by atoms with E-state index >= 15 is 0 Å². The fraction of sp³-hybridized carbons (Fsp3) is 0.0625. The number of anilines is 1. The number of rotatable bonds is 2. The molecule has 2 aromatic rings. The van der Waals surface area contributed by atoms with Crippen molar-refractivity contribution in [3.05, 3.63) is 64.7 Å². The molecule has 1 heterocycles. The maximum absolute atomic E-state index is 12.0. The van der Waals surface area contributed by atoms with Crippen molar-refractivity contribution in [3.8, 4) is 0 Å². The number of carboxylic acids is 1. The zero-order valence-electron chi connectivity index (χ0n) is 13.0. The summed E-state index contributed by atoms with van der Waals surface area (Å²) in [5.74, 6) is -1.98. The zero-order chi connectivity index (χ0) is 15.7. The van der Waals surface area contributed by atoms with Gasteiger partial charge in [0.05, 0.1) is 11.4 Å². The van der Waals surface area contributed by atoms with Gasteiger partial charge in [0, 0.05) is 38.5 Å². The van der Waals surface area contributed by atoms with E-state index in [0.717, 1.165) is 0 Å².